The Morgan fingerprint density at radius 3 is 2.81 bits per heavy atom. The van der Waals surface area contributed by atoms with Gasteiger partial charge in [0.05, 0.1) is 12.2 Å². The van der Waals surface area contributed by atoms with Crippen LogP contribution in [-0.4, -0.2) is 29.7 Å². The van der Waals surface area contributed by atoms with Crippen LogP contribution in [-0.2, 0) is 25.8 Å². The van der Waals surface area contributed by atoms with Crippen LogP contribution >= 0.6 is 0 Å². The van der Waals surface area contributed by atoms with Gasteiger partial charge in [-0.15, -0.1) is 0 Å². The van der Waals surface area contributed by atoms with E-state index in [0.717, 1.165) is 43.2 Å². The zero-order chi connectivity index (χ0) is 18.4. The molecule has 138 valence electrons. The first-order valence-electron chi connectivity index (χ1n) is 9.22. The number of rotatable bonds is 7. The molecule has 0 unspecified atom stereocenters. The Morgan fingerprint density at radius 1 is 1.19 bits per heavy atom. The van der Waals surface area contributed by atoms with E-state index in [1.54, 1.807) is 7.05 Å². The molecule has 0 aliphatic rings. The number of nitrogens with one attached hydrogen (secondary N) is 3. The third-order valence-electron chi connectivity index (χ3n) is 4.58. The molecule has 3 rings (SSSR count). The van der Waals surface area contributed by atoms with Crippen LogP contribution in [0.25, 0.3) is 10.9 Å². The number of H-pyrrole nitrogens is 1. The number of aliphatic imine (C=N–C) groups is 1. The average Bonchev–Trinajstić information content (AvgIpc) is 3.31. The van der Waals surface area contributed by atoms with Crippen LogP contribution in [0.3, 0.4) is 0 Å². The summed E-state index contributed by atoms with van der Waals surface area (Å²) >= 11 is 0. The quantitative estimate of drug-likeness (QED) is 0.450. The van der Waals surface area contributed by atoms with Gasteiger partial charge in [0.15, 0.2) is 11.7 Å². The highest BCUT2D eigenvalue weighted by Crippen LogP contribution is 2.22. The summed E-state index contributed by atoms with van der Waals surface area (Å²) in [6, 6.07) is 8.47. The summed E-state index contributed by atoms with van der Waals surface area (Å²) in [4.78, 5) is 7.68. The molecule has 2 heterocycles. The van der Waals surface area contributed by atoms with Crippen LogP contribution in [0, 0.1) is 0 Å². The minimum Gasteiger partial charge on any atom is -0.361 e. The molecule has 1 aromatic carbocycles. The van der Waals surface area contributed by atoms with Gasteiger partial charge >= 0.3 is 0 Å². The van der Waals surface area contributed by atoms with Crippen molar-refractivity contribution in [3.63, 3.8) is 0 Å². The molecule has 0 bridgehead atoms. The van der Waals surface area contributed by atoms with Gasteiger partial charge in [-0.3, -0.25) is 4.99 Å². The van der Waals surface area contributed by atoms with Gasteiger partial charge in [0.25, 0.3) is 0 Å². The highest BCUT2D eigenvalue weighted by Gasteiger charge is 2.07. The van der Waals surface area contributed by atoms with E-state index in [-0.39, 0.29) is 0 Å². The monoisotopic (exact) mass is 353 g/mol. The van der Waals surface area contributed by atoms with Gasteiger partial charge in [0.2, 0.25) is 0 Å². The molecule has 0 aliphatic heterocycles. The number of guanidine groups is 1. The van der Waals surface area contributed by atoms with E-state index in [9.17, 15) is 0 Å². The average molecular weight is 353 g/mol. The van der Waals surface area contributed by atoms with E-state index < -0.39 is 0 Å². The number of fused-ring (bicyclic) bond motifs is 1. The summed E-state index contributed by atoms with van der Waals surface area (Å²) in [6.45, 7) is 5.62. The predicted molar refractivity (Wildman–Crippen MR) is 105 cm³/mol. The number of hydrogen-bond donors (Lipinski definition) is 3. The lowest BCUT2D eigenvalue weighted by molar-refractivity contribution is 0.374. The van der Waals surface area contributed by atoms with Crippen molar-refractivity contribution in [2.45, 2.75) is 39.7 Å². The van der Waals surface area contributed by atoms with Crippen LogP contribution in [0.2, 0.25) is 0 Å². The molecular weight excluding hydrogens is 326 g/mol. The molecule has 0 saturated carbocycles. The second-order valence-corrected chi connectivity index (χ2v) is 6.25. The topological polar surface area (TPSA) is 78.2 Å². The van der Waals surface area contributed by atoms with Gasteiger partial charge in [-0.1, -0.05) is 37.2 Å². The Kier molecular flexibility index (Phi) is 5.94. The summed E-state index contributed by atoms with van der Waals surface area (Å²) in [7, 11) is 1.77. The first-order valence-corrected chi connectivity index (χ1v) is 9.22. The molecule has 26 heavy (non-hydrogen) atoms. The lowest BCUT2D eigenvalue weighted by Gasteiger charge is -2.10. The molecule has 3 N–H and O–H groups in total. The van der Waals surface area contributed by atoms with Crippen LogP contribution in [0.1, 0.15) is 36.4 Å². The van der Waals surface area contributed by atoms with Crippen molar-refractivity contribution in [2.24, 2.45) is 4.99 Å². The number of hydrogen-bond acceptors (Lipinski definition) is 3. The number of benzene rings is 1. The molecule has 0 saturated heterocycles. The van der Waals surface area contributed by atoms with E-state index in [1.165, 1.54) is 22.0 Å². The Balaban J connectivity index is 1.53. The number of nitrogens with zero attached hydrogens (tertiary/aromatic N) is 2. The Hall–Kier alpha value is -2.76. The van der Waals surface area contributed by atoms with Gasteiger partial charge in [-0.2, -0.15) is 0 Å². The molecule has 0 aliphatic carbocycles. The van der Waals surface area contributed by atoms with Crippen molar-refractivity contribution in [3.05, 3.63) is 53.0 Å². The van der Waals surface area contributed by atoms with Crippen molar-refractivity contribution in [3.8, 4) is 0 Å². The highest BCUT2D eigenvalue weighted by atomic mass is 16.5. The zero-order valence-corrected chi connectivity index (χ0v) is 15.7. The second kappa shape index (κ2) is 8.56. The van der Waals surface area contributed by atoms with E-state index >= 15 is 0 Å². The molecule has 0 atom stereocenters. The third kappa shape index (κ3) is 4.07. The lowest BCUT2D eigenvalue weighted by atomic mass is 10.1. The van der Waals surface area contributed by atoms with Crippen molar-refractivity contribution in [2.75, 3.05) is 13.6 Å². The van der Waals surface area contributed by atoms with Crippen molar-refractivity contribution in [1.82, 2.24) is 20.8 Å². The molecule has 6 heteroatoms. The van der Waals surface area contributed by atoms with E-state index in [2.05, 4.69) is 64.0 Å². The van der Waals surface area contributed by atoms with Crippen LogP contribution in [0.5, 0.6) is 0 Å². The second-order valence-electron chi connectivity index (χ2n) is 6.25. The number of aromatic amines is 1. The maximum absolute atomic E-state index is 5.28. The zero-order valence-electron chi connectivity index (χ0n) is 15.7. The van der Waals surface area contributed by atoms with Gasteiger partial charge in [0.1, 0.15) is 0 Å². The molecule has 0 spiro atoms. The standard InChI is InChI=1S/C20H27N5O/c1-4-14-7-6-8-18-15(12-23-19(14)18)9-10-22-20(21-3)24-13-17-11-16(5-2)25-26-17/h6-8,11-12,23H,4-5,9-10,13H2,1-3H3,(H2,21,22,24). The molecule has 0 fully saturated rings. The third-order valence-corrected chi connectivity index (χ3v) is 4.58. The van der Waals surface area contributed by atoms with Crippen molar-refractivity contribution in [1.29, 1.82) is 0 Å². The van der Waals surface area contributed by atoms with Crippen LogP contribution in [0.4, 0.5) is 0 Å². The Bertz CT molecular complexity index is 877. The number of aromatic nitrogens is 2. The van der Waals surface area contributed by atoms with Crippen LogP contribution in [0.15, 0.2) is 40.0 Å². The smallest absolute Gasteiger partial charge is 0.191 e. The number of para-hydroxylation sites is 1. The molecule has 3 aromatic rings. The summed E-state index contributed by atoms with van der Waals surface area (Å²) in [6.07, 6.45) is 4.95. The Labute approximate surface area is 154 Å². The fourth-order valence-corrected chi connectivity index (χ4v) is 3.09. The molecule has 0 amide bonds. The first-order chi connectivity index (χ1) is 12.7. The van der Waals surface area contributed by atoms with E-state index in [0.29, 0.717) is 6.54 Å². The minimum absolute atomic E-state index is 0.569. The van der Waals surface area contributed by atoms with Gasteiger partial charge in [0, 0.05) is 36.8 Å². The number of aryl methyl sites for hydroxylation is 2. The summed E-state index contributed by atoms with van der Waals surface area (Å²) in [5, 5.41) is 11.9. The van der Waals surface area contributed by atoms with Gasteiger partial charge in [-0.25, -0.2) is 0 Å². The fourth-order valence-electron chi connectivity index (χ4n) is 3.09. The lowest BCUT2D eigenvalue weighted by Crippen LogP contribution is -2.37. The maximum atomic E-state index is 5.28. The van der Waals surface area contributed by atoms with E-state index in [4.69, 9.17) is 4.52 Å². The largest absolute Gasteiger partial charge is 0.361 e. The molecule has 6 nitrogen and oxygen atoms in total. The van der Waals surface area contributed by atoms with Crippen molar-refractivity contribution < 1.29 is 4.52 Å². The highest BCUT2D eigenvalue weighted by molar-refractivity contribution is 5.86. The fraction of sp³-hybridized carbons (Fsp3) is 0.400. The summed E-state index contributed by atoms with van der Waals surface area (Å²) < 4.78 is 5.28. The van der Waals surface area contributed by atoms with Crippen molar-refractivity contribution >= 4 is 16.9 Å². The predicted octanol–water partition coefficient (Wildman–Crippen LogP) is 3.19. The normalized spacial score (nSPS) is 11.9. The molecule has 0 radical (unpaired) electrons. The van der Waals surface area contributed by atoms with Crippen LogP contribution < -0.4 is 10.6 Å². The van der Waals surface area contributed by atoms with Gasteiger partial charge < -0.3 is 20.1 Å². The SMILES string of the molecule is CCc1cc(CNC(=NC)NCCc2c[nH]c3c(CC)cccc23)on1. The minimum atomic E-state index is 0.569. The molecule has 2 aromatic heterocycles. The van der Waals surface area contributed by atoms with E-state index in [1.807, 2.05) is 6.07 Å². The summed E-state index contributed by atoms with van der Waals surface area (Å²) in [5.74, 6) is 1.57. The maximum Gasteiger partial charge on any atom is 0.191 e. The Morgan fingerprint density at radius 2 is 2.08 bits per heavy atom. The van der Waals surface area contributed by atoms with Gasteiger partial charge in [-0.05, 0) is 30.4 Å². The first kappa shape index (κ1) is 18.0. The summed E-state index contributed by atoms with van der Waals surface area (Å²) in [5.41, 5.74) is 4.90. The molecular formula is C20H27N5O.